The number of furan rings is 1. The van der Waals surface area contributed by atoms with Gasteiger partial charge in [0, 0.05) is 18.8 Å². The highest BCUT2D eigenvalue weighted by Gasteiger charge is 2.29. The average Bonchev–Trinajstić information content (AvgIpc) is 3.48. The first-order chi connectivity index (χ1) is 18.0. The van der Waals surface area contributed by atoms with E-state index in [1.165, 1.54) is 6.26 Å². The summed E-state index contributed by atoms with van der Waals surface area (Å²) in [6.45, 7) is 3.50. The Balaban J connectivity index is 1.46. The monoisotopic (exact) mass is 504 g/mol. The minimum atomic E-state index is -0.265. The molecule has 2 heterocycles. The predicted octanol–water partition coefficient (Wildman–Crippen LogP) is 4.48. The molecule has 0 aliphatic carbocycles. The number of likely N-dealkylation sites (tertiary alicyclic amines) is 1. The van der Waals surface area contributed by atoms with Crippen LogP contribution in [0.3, 0.4) is 0 Å². The van der Waals surface area contributed by atoms with E-state index in [4.69, 9.17) is 13.9 Å². The summed E-state index contributed by atoms with van der Waals surface area (Å²) >= 11 is 0. The van der Waals surface area contributed by atoms with E-state index in [2.05, 4.69) is 0 Å². The molecule has 0 unspecified atom stereocenters. The molecule has 8 heteroatoms. The van der Waals surface area contributed by atoms with Crippen LogP contribution in [-0.2, 0) is 27.3 Å². The van der Waals surface area contributed by atoms with Crippen LogP contribution in [-0.4, -0.2) is 49.5 Å². The number of benzene rings is 2. The Morgan fingerprint density at radius 3 is 2.41 bits per heavy atom. The zero-order chi connectivity index (χ0) is 26.2. The molecule has 1 saturated heterocycles. The van der Waals surface area contributed by atoms with Gasteiger partial charge in [0.15, 0.2) is 5.76 Å². The van der Waals surface area contributed by atoms with Crippen molar-refractivity contribution in [3.8, 4) is 5.75 Å². The molecular weight excluding hydrogens is 472 g/mol. The van der Waals surface area contributed by atoms with E-state index >= 15 is 0 Å². The maximum absolute atomic E-state index is 13.2. The Labute approximate surface area is 216 Å². The van der Waals surface area contributed by atoms with Crippen LogP contribution in [0.2, 0.25) is 0 Å². The fraction of sp³-hybridized carbons (Fsp3) is 0.345. The number of methoxy groups -OCH3 is 1. The van der Waals surface area contributed by atoms with E-state index in [1.54, 1.807) is 36.0 Å². The van der Waals surface area contributed by atoms with Gasteiger partial charge >= 0.3 is 5.97 Å². The smallest absolute Gasteiger partial charge is 0.310 e. The van der Waals surface area contributed by atoms with Crippen molar-refractivity contribution in [2.45, 2.75) is 32.7 Å². The summed E-state index contributed by atoms with van der Waals surface area (Å²) in [7, 11) is 1.61. The molecule has 0 N–H and O–H groups in total. The number of anilines is 1. The van der Waals surface area contributed by atoms with Gasteiger partial charge in [0.1, 0.15) is 5.75 Å². The lowest BCUT2D eigenvalue weighted by Crippen LogP contribution is -2.43. The minimum Gasteiger partial charge on any atom is -0.497 e. The van der Waals surface area contributed by atoms with Crippen LogP contribution in [0.1, 0.15) is 41.4 Å². The minimum absolute atomic E-state index is 0.0245. The number of hydrogen-bond donors (Lipinski definition) is 0. The molecule has 8 nitrogen and oxygen atoms in total. The molecule has 1 aliphatic heterocycles. The van der Waals surface area contributed by atoms with Gasteiger partial charge in [-0.25, -0.2) is 0 Å². The third-order valence-electron chi connectivity index (χ3n) is 6.47. The molecule has 0 spiro atoms. The number of carbonyl (C=O) groups is 3. The first-order valence-corrected chi connectivity index (χ1v) is 12.5. The predicted molar refractivity (Wildman–Crippen MR) is 138 cm³/mol. The SMILES string of the molecule is CCOC(=O)[C@H]1CCCN(C(=O)Cc2ccc(N(Cc3ccc(OC)cc3)C(=O)c3ccco3)cc2)C1. The van der Waals surface area contributed by atoms with E-state index in [-0.39, 0.29) is 35.9 Å². The highest BCUT2D eigenvalue weighted by Crippen LogP contribution is 2.24. The largest absolute Gasteiger partial charge is 0.497 e. The van der Waals surface area contributed by atoms with Gasteiger partial charge < -0.3 is 23.7 Å². The Morgan fingerprint density at radius 1 is 1.03 bits per heavy atom. The lowest BCUT2D eigenvalue weighted by molar-refractivity contribution is -0.151. The molecule has 4 rings (SSSR count). The summed E-state index contributed by atoms with van der Waals surface area (Å²) < 4.78 is 15.7. The molecule has 1 aliphatic rings. The van der Waals surface area contributed by atoms with Crippen LogP contribution in [0.25, 0.3) is 0 Å². The second-order valence-corrected chi connectivity index (χ2v) is 8.99. The fourth-order valence-corrected chi connectivity index (χ4v) is 4.46. The number of nitrogens with zero attached hydrogens (tertiary/aromatic N) is 2. The van der Waals surface area contributed by atoms with Crippen LogP contribution in [0, 0.1) is 5.92 Å². The average molecular weight is 505 g/mol. The molecule has 0 radical (unpaired) electrons. The Kier molecular flexibility index (Phi) is 8.61. The third kappa shape index (κ3) is 6.58. The summed E-state index contributed by atoms with van der Waals surface area (Å²) in [5.41, 5.74) is 2.46. The standard InChI is InChI=1S/C29H32N2O6/c1-3-36-29(34)23-6-4-16-30(20-23)27(32)18-21-8-12-24(13-9-21)31(28(33)26-7-5-17-37-26)19-22-10-14-25(35-2)15-11-22/h5,7-15,17,23H,3-4,6,16,18-20H2,1-2H3/t23-/m0/s1. The van der Waals surface area contributed by atoms with E-state index in [1.807, 2.05) is 48.5 Å². The Bertz CT molecular complexity index is 1190. The number of hydrogen-bond acceptors (Lipinski definition) is 6. The topological polar surface area (TPSA) is 89.3 Å². The van der Waals surface area contributed by atoms with Crippen LogP contribution in [0.15, 0.2) is 71.3 Å². The Morgan fingerprint density at radius 2 is 1.76 bits per heavy atom. The molecule has 3 aromatic rings. The lowest BCUT2D eigenvalue weighted by Gasteiger charge is -2.31. The number of piperidine rings is 1. The van der Waals surface area contributed by atoms with Crippen LogP contribution >= 0.6 is 0 Å². The van der Waals surface area contributed by atoms with Crippen molar-refractivity contribution in [3.05, 3.63) is 83.8 Å². The molecule has 0 bridgehead atoms. The lowest BCUT2D eigenvalue weighted by atomic mass is 9.97. The van der Waals surface area contributed by atoms with Crippen molar-refractivity contribution in [2.75, 3.05) is 31.7 Å². The number of amides is 2. The number of ether oxygens (including phenoxy) is 2. The van der Waals surface area contributed by atoms with Crippen molar-refractivity contribution in [1.29, 1.82) is 0 Å². The van der Waals surface area contributed by atoms with E-state index < -0.39 is 0 Å². The van der Waals surface area contributed by atoms with Gasteiger partial charge in [-0.1, -0.05) is 24.3 Å². The number of rotatable bonds is 9. The van der Waals surface area contributed by atoms with E-state index in [9.17, 15) is 14.4 Å². The molecule has 0 saturated carbocycles. The molecule has 194 valence electrons. The van der Waals surface area contributed by atoms with Gasteiger partial charge in [-0.3, -0.25) is 14.4 Å². The fourth-order valence-electron chi connectivity index (χ4n) is 4.46. The van der Waals surface area contributed by atoms with Crippen molar-refractivity contribution >= 4 is 23.5 Å². The third-order valence-corrected chi connectivity index (χ3v) is 6.47. The molecule has 1 atom stereocenters. The summed E-state index contributed by atoms with van der Waals surface area (Å²) in [6.07, 6.45) is 3.22. The van der Waals surface area contributed by atoms with Gasteiger partial charge in [-0.15, -0.1) is 0 Å². The summed E-state index contributed by atoms with van der Waals surface area (Å²) in [5, 5.41) is 0. The highest BCUT2D eigenvalue weighted by molar-refractivity contribution is 6.04. The molecular formula is C29H32N2O6. The normalized spacial score (nSPS) is 15.2. The maximum atomic E-state index is 13.2. The zero-order valence-corrected chi connectivity index (χ0v) is 21.2. The second-order valence-electron chi connectivity index (χ2n) is 8.99. The van der Waals surface area contributed by atoms with Crippen LogP contribution < -0.4 is 9.64 Å². The second kappa shape index (κ2) is 12.3. The molecule has 1 fully saturated rings. The van der Waals surface area contributed by atoms with Crippen LogP contribution in [0.5, 0.6) is 5.75 Å². The van der Waals surface area contributed by atoms with E-state index in [0.717, 1.165) is 29.7 Å². The van der Waals surface area contributed by atoms with E-state index in [0.29, 0.717) is 31.9 Å². The quantitative estimate of drug-likeness (QED) is 0.399. The van der Waals surface area contributed by atoms with Crippen molar-refractivity contribution in [1.82, 2.24) is 4.90 Å². The summed E-state index contributed by atoms with van der Waals surface area (Å²) in [6, 6.07) is 18.2. The number of esters is 1. The van der Waals surface area contributed by atoms with Gasteiger partial charge in [0.05, 0.1) is 38.9 Å². The van der Waals surface area contributed by atoms with Crippen LogP contribution in [0.4, 0.5) is 5.69 Å². The van der Waals surface area contributed by atoms with Gasteiger partial charge in [0.2, 0.25) is 5.91 Å². The zero-order valence-electron chi connectivity index (χ0n) is 21.2. The van der Waals surface area contributed by atoms with Gasteiger partial charge in [0.25, 0.3) is 5.91 Å². The summed E-state index contributed by atoms with van der Waals surface area (Å²) in [5.74, 6) is 0.200. The molecule has 37 heavy (non-hydrogen) atoms. The first kappa shape index (κ1) is 26.0. The van der Waals surface area contributed by atoms with Crippen molar-refractivity contribution in [2.24, 2.45) is 5.92 Å². The number of carbonyl (C=O) groups excluding carboxylic acids is 3. The molecule has 2 amide bonds. The molecule has 2 aromatic carbocycles. The highest BCUT2D eigenvalue weighted by atomic mass is 16.5. The molecule has 1 aromatic heterocycles. The van der Waals surface area contributed by atoms with Crippen molar-refractivity contribution in [3.63, 3.8) is 0 Å². The van der Waals surface area contributed by atoms with Gasteiger partial charge in [-0.2, -0.15) is 0 Å². The van der Waals surface area contributed by atoms with Crippen molar-refractivity contribution < 1.29 is 28.3 Å². The van der Waals surface area contributed by atoms with Gasteiger partial charge in [-0.05, 0) is 67.3 Å². The first-order valence-electron chi connectivity index (χ1n) is 12.5. The maximum Gasteiger partial charge on any atom is 0.310 e. The summed E-state index contributed by atoms with van der Waals surface area (Å²) in [4.78, 5) is 41.7. The Hall–Kier alpha value is -4.07.